The molecule has 1 aliphatic heterocycles. The Bertz CT molecular complexity index is 696. The Morgan fingerprint density at radius 2 is 2.09 bits per heavy atom. The topological polar surface area (TPSA) is 75.3 Å². The Labute approximate surface area is 137 Å². The first-order valence-corrected chi connectivity index (χ1v) is 10.2. The quantitative estimate of drug-likeness (QED) is 0.819. The van der Waals surface area contributed by atoms with Crippen molar-refractivity contribution in [2.75, 3.05) is 25.1 Å². The molecule has 1 heterocycles. The highest BCUT2D eigenvalue weighted by Gasteiger charge is 2.46. The minimum atomic E-state index is -3.03. The van der Waals surface area contributed by atoms with Gasteiger partial charge in [-0.15, -0.1) is 0 Å². The molecule has 0 radical (unpaired) electrons. The van der Waals surface area contributed by atoms with Crippen molar-refractivity contribution in [3.05, 3.63) is 35.4 Å². The van der Waals surface area contributed by atoms with Crippen LogP contribution in [-0.2, 0) is 21.1 Å². The van der Waals surface area contributed by atoms with Gasteiger partial charge >= 0.3 is 0 Å². The lowest BCUT2D eigenvalue weighted by Crippen LogP contribution is -2.39. The number of rotatable bonds is 6. The monoisotopic (exact) mass is 336 g/mol. The summed E-state index contributed by atoms with van der Waals surface area (Å²) < 4.78 is 22.9. The van der Waals surface area contributed by atoms with Gasteiger partial charge in [0.2, 0.25) is 5.91 Å². The lowest BCUT2D eigenvalue weighted by molar-refractivity contribution is -0.122. The zero-order valence-electron chi connectivity index (χ0n) is 13.5. The van der Waals surface area contributed by atoms with Gasteiger partial charge < -0.3 is 10.6 Å². The molecule has 1 saturated carbocycles. The molecule has 1 amide bonds. The maximum Gasteiger partial charge on any atom is 0.220 e. The molecule has 1 aliphatic carbocycles. The molecule has 3 rings (SSSR count). The zero-order chi connectivity index (χ0) is 16.5. The molecular weight excluding hydrogens is 312 g/mol. The van der Waals surface area contributed by atoms with Crippen molar-refractivity contribution in [3.8, 4) is 0 Å². The second-order valence-corrected chi connectivity index (χ2v) is 9.15. The van der Waals surface area contributed by atoms with Crippen LogP contribution in [0.25, 0.3) is 0 Å². The summed E-state index contributed by atoms with van der Waals surface area (Å²) in [5, 5.41) is 6.42. The number of sulfone groups is 1. The first kappa shape index (κ1) is 16.5. The summed E-state index contributed by atoms with van der Waals surface area (Å²) in [7, 11) is -3.03. The van der Waals surface area contributed by atoms with E-state index in [4.69, 9.17) is 0 Å². The van der Waals surface area contributed by atoms with Gasteiger partial charge in [0.05, 0.1) is 5.75 Å². The summed E-state index contributed by atoms with van der Waals surface area (Å²) in [6.07, 6.45) is 4.23. The second kappa shape index (κ2) is 6.24. The predicted molar refractivity (Wildman–Crippen MR) is 89.9 cm³/mol. The van der Waals surface area contributed by atoms with Gasteiger partial charge in [0.25, 0.3) is 0 Å². The van der Waals surface area contributed by atoms with Crippen molar-refractivity contribution in [2.45, 2.75) is 31.7 Å². The number of carbonyl (C=O) groups is 1. The van der Waals surface area contributed by atoms with Crippen LogP contribution in [0.5, 0.6) is 0 Å². The van der Waals surface area contributed by atoms with E-state index in [-0.39, 0.29) is 23.1 Å². The van der Waals surface area contributed by atoms with E-state index in [2.05, 4.69) is 22.8 Å². The average molecular weight is 336 g/mol. The zero-order valence-corrected chi connectivity index (χ0v) is 14.3. The van der Waals surface area contributed by atoms with Crippen molar-refractivity contribution in [1.29, 1.82) is 0 Å². The van der Waals surface area contributed by atoms with E-state index in [1.807, 2.05) is 12.1 Å². The van der Waals surface area contributed by atoms with Gasteiger partial charge in [-0.2, -0.15) is 0 Å². The summed E-state index contributed by atoms with van der Waals surface area (Å²) in [4.78, 5) is 12.2. The number of nitrogens with one attached hydrogen (secondary N) is 2. The number of amides is 1. The molecule has 5 nitrogen and oxygen atoms in total. The summed E-state index contributed by atoms with van der Waals surface area (Å²) in [6, 6.07) is 8.43. The van der Waals surface area contributed by atoms with Gasteiger partial charge in [0.15, 0.2) is 0 Å². The Morgan fingerprint density at radius 3 is 2.78 bits per heavy atom. The Hall–Kier alpha value is -1.40. The number of benzene rings is 1. The van der Waals surface area contributed by atoms with Crippen LogP contribution in [0.15, 0.2) is 24.3 Å². The molecule has 6 heteroatoms. The lowest BCUT2D eigenvalue weighted by atomic mass is 9.94. The third-order valence-electron chi connectivity index (χ3n) is 4.78. The molecule has 126 valence electrons. The van der Waals surface area contributed by atoms with Crippen LogP contribution in [-0.4, -0.2) is 39.4 Å². The van der Waals surface area contributed by atoms with E-state index in [0.29, 0.717) is 13.0 Å². The molecule has 23 heavy (non-hydrogen) atoms. The molecule has 2 N–H and O–H groups in total. The summed E-state index contributed by atoms with van der Waals surface area (Å²) in [5.41, 5.74) is 2.27. The van der Waals surface area contributed by atoms with Gasteiger partial charge in [-0.1, -0.05) is 24.3 Å². The molecular formula is C17H24N2O3S. The van der Waals surface area contributed by atoms with Crippen LogP contribution in [0.1, 0.15) is 36.4 Å². The van der Waals surface area contributed by atoms with E-state index in [0.717, 1.165) is 25.8 Å². The fourth-order valence-corrected chi connectivity index (χ4v) is 5.00. The number of hydrogen-bond donors (Lipinski definition) is 2. The smallest absolute Gasteiger partial charge is 0.220 e. The van der Waals surface area contributed by atoms with Gasteiger partial charge in [0.1, 0.15) is 9.84 Å². The van der Waals surface area contributed by atoms with Crippen LogP contribution in [0, 0.1) is 5.41 Å². The van der Waals surface area contributed by atoms with Gasteiger partial charge in [-0.05, 0) is 42.3 Å². The van der Waals surface area contributed by atoms with Crippen molar-refractivity contribution in [2.24, 2.45) is 5.41 Å². The van der Waals surface area contributed by atoms with E-state index in [9.17, 15) is 13.2 Å². The Balaban J connectivity index is 1.54. The van der Waals surface area contributed by atoms with Crippen LogP contribution in [0.2, 0.25) is 0 Å². The van der Waals surface area contributed by atoms with E-state index < -0.39 is 9.84 Å². The second-order valence-electron chi connectivity index (χ2n) is 7.01. The SMILES string of the molecule is CS(=O)(=O)CC1(CC(=O)NCC2NCCc3ccccc32)CC1. The highest BCUT2D eigenvalue weighted by molar-refractivity contribution is 7.90. The van der Waals surface area contributed by atoms with Crippen molar-refractivity contribution >= 4 is 15.7 Å². The van der Waals surface area contributed by atoms with Crippen LogP contribution in [0.4, 0.5) is 0 Å². The normalized spacial score (nSPS) is 22.2. The first-order valence-electron chi connectivity index (χ1n) is 8.13. The van der Waals surface area contributed by atoms with Gasteiger partial charge in [0, 0.05) is 25.3 Å². The molecule has 1 unspecified atom stereocenters. The molecule has 0 aromatic heterocycles. The molecule has 0 spiro atoms. The van der Waals surface area contributed by atoms with Crippen molar-refractivity contribution in [1.82, 2.24) is 10.6 Å². The first-order chi connectivity index (χ1) is 10.9. The largest absolute Gasteiger partial charge is 0.354 e. The number of carbonyl (C=O) groups excluding carboxylic acids is 1. The van der Waals surface area contributed by atoms with E-state index in [1.54, 1.807) is 0 Å². The maximum absolute atomic E-state index is 12.2. The van der Waals surface area contributed by atoms with E-state index >= 15 is 0 Å². The molecule has 2 aliphatic rings. The standard InChI is InChI=1S/C17H24N2O3S/c1-23(21,22)12-17(7-8-17)10-16(20)19-11-15-14-5-3-2-4-13(14)6-9-18-15/h2-5,15,18H,6-12H2,1H3,(H,19,20). The number of hydrogen-bond acceptors (Lipinski definition) is 4. The molecule has 1 atom stereocenters. The summed E-state index contributed by atoms with van der Waals surface area (Å²) in [6.45, 7) is 1.46. The third-order valence-corrected chi connectivity index (χ3v) is 5.92. The van der Waals surface area contributed by atoms with Crippen LogP contribution < -0.4 is 10.6 Å². The molecule has 1 aromatic rings. The number of fused-ring (bicyclic) bond motifs is 1. The van der Waals surface area contributed by atoms with Gasteiger partial charge in [-0.25, -0.2) is 8.42 Å². The summed E-state index contributed by atoms with van der Waals surface area (Å²) in [5.74, 6) is 0.0776. The van der Waals surface area contributed by atoms with Crippen LogP contribution >= 0.6 is 0 Å². The van der Waals surface area contributed by atoms with Crippen molar-refractivity contribution in [3.63, 3.8) is 0 Å². The predicted octanol–water partition coefficient (Wildman–Crippen LogP) is 1.20. The highest BCUT2D eigenvalue weighted by Crippen LogP contribution is 2.49. The minimum absolute atomic E-state index is 0.0454. The molecule has 0 bridgehead atoms. The van der Waals surface area contributed by atoms with Crippen molar-refractivity contribution < 1.29 is 13.2 Å². The molecule has 1 aromatic carbocycles. The van der Waals surface area contributed by atoms with Gasteiger partial charge in [-0.3, -0.25) is 4.79 Å². The maximum atomic E-state index is 12.2. The fraction of sp³-hybridized carbons (Fsp3) is 0.588. The average Bonchev–Trinajstić information content (AvgIpc) is 3.21. The fourth-order valence-electron chi connectivity index (χ4n) is 3.50. The summed E-state index contributed by atoms with van der Waals surface area (Å²) >= 11 is 0. The minimum Gasteiger partial charge on any atom is -0.354 e. The van der Waals surface area contributed by atoms with E-state index in [1.165, 1.54) is 17.4 Å². The lowest BCUT2D eigenvalue weighted by Gasteiger charge is -2.27. The molecule has 1 fully saturated rings. The Morgan fingerprint density at radius 1 is 1.35 bits per heavy atom. The third kappa shape index (κ3) is 4.32. The molecule has 0 saturated heterocycles. The highest BCUT2D eigenvalue weighted by atomic mass is 32.2. The van der Waals surface area contributed by atoms with Crippen LogP contribution in [0.3, 0.4) is 0 Å². The Kier molecular flexibility index (Phi) is 4.47.